The fourth-order valence-corrected chi connectivity index (χ4v) is 3.47. The van der Waals surface area contributed by atoms with Gasteiger partial charge < -0.3 is 10.6 Å². The maximum atomic E-state index is 12.8. The predicted molar refractivity (Wildman–Crippen MR) is 122 cm³/mol. The number of amides is 2. The molecule has 3 aromatic rings. The van der Waals surface area contributed by atoms with Gasteiger partial charge in [-0.25, -0.2) is 0 Å². The second-order valence-electron chi connectivity index (χ2n) is 7.05. The van der Waals surface area contributed by atoms with E-state index in [0.717, 1.165) is 17.5 Å². The lowest BCUT2D eigenvalue weighted by Crippen LogP contribution is -2.26. The number of hydrogen-bond acceptors (Lipinski definition) is 2. The number of carbonyl (C=O) groups excluding carboxylic acids is 2. The zero-order valence-corrected chi connectivity index (χ0v) is 17.7. The van der Waals surface area contributed by atoms with E-state index < -0.39 is 0 Å². The van der Waals surface area contributed by atoms with E-state index in [1.54, 1.807) is 18.2 Å². The van der Waals surface area contributed by atoms with E-state index in [-0.39, 0.29) is 17.7 Å². The largest absolute Gasteiger partial charge is 0.352 e. The highest BCUT2D eigenvalue weighted by Crippen LogP contribution is 2.26. The highest BCUT2D eigenvalue weighted by atomic mass is 35.5. The van der Waals surface area contributed by atoms with Crippen LogP contribution in [0.25, 0.3) is 0 Å². The Bertz CT molecular complexity index is 991. The third-order valence-electron chi connectivity index (χ3n) is 4.96. The fraction of sp³-hybridized carbons (Fsp3) is 0.200. The van der Waals surface area contributed by atoms with Crippen molar-refractivity contribution in [1.82, 2.24) is 5.32 Å². The lowest BCUT2D eigenvalue weighted by atomic mass is 9.95. The van der Waals surface area contributed by atoms with E-state index in [9.17, 15) is 9.59 Å². The molecule has 154 valence electrons. The molecule has 0 saturated heterocycles. The van der Waals surface area contributed by atoms with Crippen molar-refractivity contribution >= 4 is 29.1 Å². The number of halogens is 1. The minimum absolute atomic E-state index is 0.146. The number of benzene rings is 3. The van der Waals surface area contributed by atoms with E-state index in [2.05, 4.69) is 10.6 Å². The first-order chi connectivity index (χ1) is 14.6. The molecule has 0 bridgehead atoms. The summed E-state index contributed by atoms with van der Waals surface area (Å²) in [5.41, 5.74) is 3.00. The normalized spacial score (nSPS) is 11.5. The minimum atomic E-state index is -0.286. The fourth-order valence-electron chi connectivity index (χ4n) is 3.31. The molecule has 2 N–H and O–H groups in total. The highest BCUT2D eigenvalue weighted by molar-refractivity contribution is 6.34. The van der Waals surface area contributed by atoms with Gasteiger partial charge in [0.2, 0.25) is 5.91 Å². The summed E-state index contributed by atoms with van der Waals surface area (Å²) in [5.74, 6) is -0.633. The second kappa shape index (κ2) is 10.6. The highest BCUT2D eigenvalue weighted by Gasteiger charge is 2.20. The number of carbonyl (C=O) groups is 2. The van der Waals surface area contributed by atoms with Crippen molar-refractivity contribution in [3.63, 3.8) is 0 Å². The van der Waals surface area contributed by atoms with Crippen LogP contribution in [0.5, 0.6) is 0 Å². The molecule has 0 radical (unpaired) electrons. The number of hydrogen-bond donors (Lipinski definition) is 2. The van der Waals surface area contributed by atoms with Crippen molar-refractivity contribution in [2.75, 3.05) is 11.9 Å². The third kappa shape index (κ3) is 5.71. The van der Waals surface area contributed by atoms with E-state index in [1.165, 1.54) is 0 Å². The van der Waals surface area contributed by atoms with Gasteiger partial charge in [-0.15, -0.1) is 0 Å². The van der Waals surface area contributed by atoms with Crippen molar-refractivity contribution in [2.24, 2.45) is 0 Å². The molecular formula is C25H25ClN2O2. The number of rotatable bonds is 8. The molecule has 0 heterocycles. The lowest BCUT2D eigenvalue weighted by Gasteiger charge is -2.16. The molecule has 1 atom stereocenters. The Morgan fingerprint density at radius 1 is 0.933 bits per heavy atom. The molecule has 3 aromatic carbocycles. The molecule has 0 unspecified atom stereocenters. The van der Waals surface area contributed by atoms with Crippen molar-refractivity contribution < 1.29 is 9.59 Å². The minimum Gasteiger partial charge on any atom is -0.352 e. The Balaban J connectivity index is 1.65. The summed E-state index contributed by atoms with van der Waals surface area (Å²) < 4.78 is 0. The van der Waals surface area contributed by atoms with Gasteiger partial charge in [0, 0.05) is 12.1 Å². The first-order valence-corrected chi connectivity index (χ1v) is 10.4. The molecule has 0 aliphatic heterocycles. The standard InChI is InChI=1S/C25H25ClN2O2/c1-2-21(19-11-7-4-8-12-19)25(30)28-23-17-20(13-14-22(23)26)24(29)27-16-15-18-9-5-3-6-10-18/h3-14,17,21H,2,15-16H2,1H3,(H,27,29)(H,28,30)/t21-/m0/s1. The van der Waals surface area contributed by atoms with E-state index in [4.69, 9.17) is 11.6 Å². The molecule has 0 saturated carbocycles. The van der Waals surface area contributed by atoms with Gasteiger partial charge in [-0.3, -0.25) is 9.59 Å². The quantitative estimate of drug-likeness (QED) is 0.509. The van der Waals surface area contributed by atoms with Gasteiger partial charge in [0.25, 0.3) is 5.91 Å². The molecule has 0 aliphatic carbocycles. The van der Waals surface area contributed by atoms with Crippen molar-refractivity contribution in [2.45, 2.75) is 25.7 Å². The van der Waals surface area contributed by atoms with Gasteiger partial charge >= 0.3 is 0 Å². The lowest BCUT2D eigenvalue weighted by molar-refractivity contribution is -0.117. The molecule has 5 heteroatoms. The van der Waals surface area contributed by atoms with Crippen LogP contribution in [-0.4, -0.2) is 18.4 Å². The van der Waals surface area contributed by atoms with Gasteiger partial charge in [0.15, 0.2) is 0 Å². The summed E-state index contributed by atoms with van der Waals surface area (Å²) in [6.07, 6.45) is 1.41. The first kappa shape index (κ1) is 21.6. The predicted octanol–water partition coefficient (Wildman–Crippen LogP) is 5.44. The van der Waals surface area contributed by atoms with Crippen molar-refractivity contribution in [3.05, 3.63) is 101 Å². The summed E-state index contributed by atoms with van der Waals surface area (Å²) >= 11 is 6.28. The zero-order valence-electron chi connectivity index (χ0n) is 16.9. The zero-order chi connectivity index (χ0) is 21.3. The number of nitrogens with one attached hydrogen (secondary N) is 2. The monoisotopic (exact) mass is 420 g/mol. The van der Waals surface area contributed by atoms with Crippen LogP contribution in [0, 0.1) is 0 Å². The molecule has 4 nitrogen and oxygen atoms in total. The van der Waals surface area contributed by atoms with E-state index >= 15 is 0 Å². The molecule has 3 rings (SSSR count). The van der Waals surface area contributed by atoms with Crippen LogP contribution in [0.1, 0.15) is 40.7 Å². The van der Waals surface area contributed by atoms with Crippen LogP contribution in [0.3, 0.4) is 0 Å². The summed E-state index contributed by atoms with van der Waals surface area (Å²) in [5, 5.41) is 6.19. The Morgan fingerprint density at radius 3 is 2.27 bits per heavy atom. The third-order valence-corrected chi connectivity index (χ3v) is 5.28. The van der Waals surface area contributed by atoms with Gasteiger partial charge in [0.1, 0.15) is 0 Å². The van der Waals surface area contributed by atoms with Gasteiger partial charge in [-0.2, -0.15) is 0 Å². The first-order valence-electron chi connectivity index (χ1n) is 10.1. The molecule has 2 amide bonds. The smallest absolute Gasteiger partial charge is 0.251 e. The van der Waals surface area contributed by atoms with Crippen LogP contribution in [0.4, 0.5) is 5.69 Å². The van der Waals surface area contributed by atoms with Crippen LogP contribution in [0.2, 0.25) is 5.02 Å². The Kier molecular flexibility index (Phi) is 7.63. The van der Waals surface area contributed by atoms with E-state index in [1.807, 2.05) is 67.6 Å². The Hall–Kier alpha value is -3.11. The van der Waals surface area contributed by atoms with Gasteiger partial charge in [-0.05, 0) is 42.2 Å². The maximum Gasteiger partial charge on any atom is 0.251 e. The molecular weight excluding hydrogens is 396 g/mol. The number of anilines is 1. The SMILES string of the molecule is CC[C@H](C(=O)Nc1cc(C(=O)NCCc2ccccc2)ccc1Cl)c1ccccc1. The van der Waals surface area contributed by atoms with Crippen LogP contribution in [0.15, 0.2) is 78.9 Å². The van der Waals surface area contributed by atoms with Crippen LogP contribution >= 0.6 is 11.6 Å². The Labute approximate surface area is 182 Å². The summed E-state index contributed by atoms with van der Waals surface area (Å²) in [6.45, 7) is 2.49. The van der Waals surface area contributed by atoms with Gasteiger partial charge in [0.05, 0.1) is 16.6 Å². The summed E-state index contributed by atoms with van der Waals surface area (Å²) in [4.78, 5) is 25.4. The molecule has 30 heavy (non-hydrogen) atoms. The van der Waals surface area contributed by atoms with Crippen molar-refractivity contribution in [3.8, 4) is 0 Å². The van der Waals surface area contributed by atoms with Gasteiger partial charge in [-0.1, -0.05) is 79.2 Å². The summed E-state index contributed by atoms with van der Waals surface area (Å²) in [7, 11) is 0. The molecule has 0 spiro atoms. The van der Waals surface area contributed by atoms with E-state index in [0.29, 0.717) is 29.2 Å². The topological polar surface area (TPSA) is 58.2 Å². The average molecular weight is 421 g/mol. The maximum absolute atomic E-state index is 12.8. The molecule has 0 aromatic heterocycles. The average Bonchev–Trinajstić information content (AvgIpc) is 2.77. The van der Waals surface area contributed by atoms with Crippen LogP contribution < -0.4 is 10.6 Å². The second-order valence-corrected chi connectivity index (χ2v) is 7.45. The molecule has 0 fully saturated rings. The van der Waals surface area contributed by atoms with Crippen molar-refractivity contribution in [1.29, 1.82) is 0 Å². The Morgan fingerprint density at radius 2 is 1.60 bits per heavy atom. The summed E-state index contributed by atoms with van der Waals surface area (Å²) in [6, 6.07) is 24.5. The van der Waals surface area contributed by atoms with Crippen LogP contribution in [-0.2, 0) is 11.2 Å². The molecule has 0 aliphatic rings.